The van der Waals surface area contributed by atoms with E-state index in [0.717, 1.165) is 31.4 Å². The van der Waals surface area contributed by atoms with Crippen molar-refractivity contribution in [3.63, 3.8) is 0 Å². The van der Waals surface area contributed by atoms with E-state index in [2.05, 4.69) is 31.7 Å². The number of hydrogen-bond acceptors (Lipinski definition) is 1. The zero-order chi connectivity index (χ0) is 13.1. The van der Waals surface area contributed by atoms with Crippen LogP contribution in [0.25, 0.3) is 0 Å². The second-order valence-corrected chi connectivity index (χ2v) is 5.43. The molecule has 1 amide bonds. The molecular weight excluding hydrogens is 222 g/mol. The van der Waals surface area contributed by atoms with Crippen molar-refractivity contribution < 1.29 is 4.79 Å². The number of hydrogen-bond donors (Lipinski definition) is 0. The van der Waals surface area contributed by atoms with E-state index in [-0.39, 0.29) is 5.91 Å². The van der Waals surface area contributed by atoms with Crippen LogP contribution in [0.5, 0.6) is 0 Å². The van der Waals surface area contributed by atoms with Crippen molar-refractivity contribution >= 4 is 5.91 Å². The summed E-state index contributed by atoms with van der Waals surface area (Å²) in [6, 6.07) is 6.57. The van der Waals surface area contributed by atoms with Crippen LogP contribution < -0.4 is 0 Å². The topological polar surface area (TPSA) is 20.3 Å². The minimum atomic E-state index is 0.216. The molecule has 1 atom stereocenters. The molecule has 1 aliphatic rings. The third-order valence-corrected chi connectivity index (χ3v) is 3.83. The number of carbonyl (C=O) groups is 1. The molecule has 2 heteroatoms. The molecule has 2 rings (SSSR count). The van der Waals surface area contributed by atoms with Crippen LogP contribution in [0.4, 0.5) is 0 Å². The van der Waals surface area contributed by atoms with Crippen LogP contribution in [0.2, 0.25) is 0 Å². The molecule has 2 nitrogen and oxygen atoms in total. The van der Waals surface area contributed by atoms with Crippen LogP contribution in [0, 0.1) is 13.8 Å². The summed E-state index contributed by atoms with van der Waals surface area (Å²) >= 11 is 0. The van der Waals surface area contributed by atoms with Crippen LogP contribution >= 0.6 is 0 Å². The maximum absolute atomic E-state index is 12.6. The van der Waals surface area contributed by atoms with Gasteiger partial charge in [-0.15, -0.1) is 0 Å². The second kappa shape index (κ2) is 5.55. The lowest BCUT2D eigenvalue weighted by Crippen LogP contribution is -2.43. The normalized spacial score (nSPS) is 19.9. The van der Waals surface area contributed by atoms with Gasteiger partial charge in [-0.2, -0.15) is 0 Å². The Morgan fingerprint density at radius 2 is 1.89 bits per heavy atom. The molecule has 1 unspecified atom stereocenters. The Morgan fingerprint density at radius 1 is 1.22 bits per heavy atom. The maximum Gasteiger partial charge on any atom is 0.254 e. The summed E-state index contributed by atoms with van der Waals surface area (Å²) in [5.74, 6) is 0.216. The molecule has 1 fully saturated rings. The highest BCUT2D eigenvalue weighted by atomic mass is 16.2. The van der Waals surface area contributed by atoms with Gasteiger partial charge in [0.05, 0.1) is 0 Å². The molecule has 98 valence electrons. The first-order valence-electron chi connectivity index (χ1n) is 7.01. The molecule has 1 aromatic carbocycles. The number of aryl methyl sites for hydroxylation is 2. The number of amides is 1. The summed E-state index contributed by atoms with van der Waals surface area (Å²) < 4.78 is 0. The van der Waals surface area contributed by atoms with Gasteiger partial charge in [-0.05, 0) is 51.7 Å². The molecule has 0 bridgehead atoms. The van der Waals surface area contributed by atoms with Crippen LogP contribution in [0.3, 0.4) is 0 Å². The van der Waals surface area contributed by atoms with Gasteiger partial charge in [0.1, 0.15) is 0 Å². The van der Waals surface area contributed by atoms with Gasteiger partial charge in [-0.25, -0.2) is 0 Å². The van der Waals surface area contributed by atoms with E-state index >= 15 is 0 Å². The fourth-order valence-corrected chi connectivity index (χ4v) is 2.96. The summed E-state index contributed by atoms with van der Waals surface area (Å²) in [5.41, 5.74) is 3.19. The lowest BCUT2D eigenvalue weighted by atomic mass is 9.98. The molecule has 0 saturated carbocycles. The molecule has 1 aliphatic heterocycles. The lowest BCUT2D eigenvalue weighted by molar-refractivity contribution is 0.0608. The molecular formula is C16H23NO. The third-order valence-electron chi connectivity index (χ3n) is 3.83. The average Bonchev–Trinajstić information content (AvgIpc) is 2.36. The highest BCUT2D eigenvalue weighted by molar-refractivity contribution is 5.94. The first-order chi connectivity index (χ1) is 8.61. The van der Waals surface area contributed by atoms with E-state index < -0.39 is 0 Å². The van der Waals surface area contributed by atoms with E-state index in [1.54, 1.807) is 0 Å². The number of benzene rings is 1. The minimum Gasteiger partial charge on any atom is -0.336 e. The second-order valence-electron chi connectivity index (χ2n) is 5.43. The molecule has 18 heavy (non-hydrogen) atoms. The largest absolute Gasteiger partial charge is 0.336 e. The zero-order valence-electron chi connectivity index (χ0n) is 11.7. The van der Waals surface area contributed by atoms with Crippen molar-refractivity contribution in [3.05, 3.63) is 34.9 Å². The third kappa shape index (κ3) is 2.74. The minimum absolute atomic E-state index is 0.216. The number of piperidine rings is 1. The van der Waals surface area contributed by atoms with Gasteiger partial charge in [-0.3, -0.25) is 4.79 Å². The summed E-state index contributed by atoms with van der Waals surface area (Å²) in [7, 11) is 0. The monoisotopic (exact) mass is 245 g/mol. The van der Waals surface area contributed by atoms with Crippen LogP contribution in [0.1, 0.15) is 54.1 Å². The predicted molar refractivity (Wildman–Crippen MR) is 74.9 cm³/mol. The first-order valence-corrected chi connectivity index (χ1v) is 7.01. The van der Waals surface area contributed by atoms with Gasteiger partial charge >= 0.3 is 0 Å². The van der Waals surface area contributed by atoms with E-state index in [4.69, 9.17) is 0 Å². The SMILES string of the molecule is CCC1CCCCN1C(=O)c1cc(C)cc(C)c1. The predicted octanol–water partition coefficient (Wildman–Crippen LogP) is 3.71. The summed E-state index contributed by atoms with van der Waals surface area (Å²) in [6.07, 6.45) is 4.63. The van der Waals surface area contributed by atoms with E-state index in [1.165, 1.54) is 17.5 Å². The van der Waals surface area contributed by atoms with Crippen molar-refractivity contribution in [2.45, 2.75) is 52.5 Å². The molecule has 0 N–H and O–H groups in total. The van der Waals surface area contributed by atoms with Gasteiger partial charge < -0.3 is 4.90 Å². The molecule has 0 spiro atoms. The summed E-state index contributed by atoms with van der Waals surface area (Å²) in [5, 5.41) is 0. The first kappa shape index (κ1) is 13.1. The van der Waals surface area contributed by atoms with Crippen molar-refractivity contribution in [2.75, 3.05) is 6.54 Å². The number of nitrogens with zero attached hydrogens (tertiary/aromatic N) is 1. The summed E-state index contributed by atoms with van der Waals surface area (Å²) in [6.45, 7) is 7.21. The van der Waals surface area contributed by atoms with E-state index in [9.17, 15) is 4.79 Å². The van der Waals surface area contributed by atoms with Crippen molar-refractivity contribution in [2.24, 2.45) is 0 Å². The molecule has 1 aromatic rings. The van der Waals surface area contributed by atoms with Gasteiger partial charge in [0, 0.05) is 18.2 Å². The van der Waals surface area contributed by atoms with Crippen LogP contribution in [-0.2, 0) is 0 Å². The molecule has 0 aromatic heterocycles. The van der Waals surface area contributed by atoms with Gasteiger partial charge in [0.2, 0.25) is 0 Å². The average molecular weight is 245 g/mol. The van der Waals surface area contributed by atoms with Gasteiger partial charge in [0.15, 0.2) is 0 Å². The van der Waals surface area contributed by atoms with Crippen molar-refractivity contribution in [1.82, 2.24) is 4.90 Å². The zero-order valence-corrected chi connectivity index (χ0v) is 11.7. The fraction of sp³-hybridized carbons (Fsp3) is 0.562. The Morgan fingerprint density at radius 3 is 2.50 bits per heavy atom. The fourth-order valence-electron chi connectivity index (χ4n) is 2.96. The Balaban J connectivity index is 2.23. The molecule has 1 saturated heterocycles. The molecule has 0 radical (unpaired) electrons. The Labute approximate surface area is 110 Å². The maximum atomic E-state index is 12.6. The van der Waals surface area contributed by atoms with E-state index in [0.29, 0.717) is 6.04 Å². The van der Waals surface area contributed by atoms with Crippen molar-refractivity contribution in [1.29, 1.82) is 0 Å². The number of rotatable bonds is 2. The Bertz CT molecular complexity index is 418. The van der Waals surface area contributed by atoms with Crippen molar-refractivity contribution in [3.8, 4) is 0 Å². The van der Waals surface area contributed by atoms with Crippen LogP contribution in [-0.4, -0.2) is 23.4 Å². The Hall–Kier alpha value is -1.31. The highest BCUT2D eigenvalue weighted by Gasteiger charge is 2.26. The summed E-state index contributed by atoms with van der Waals surface area (Å²) in [4.78, 5) is 14.7. The van der Waals surface area contributed by atoms with Gasteiger partial charge in [0.25, 0.3) is 5.91 Å². The number of likely N-dealkylation sites (tertiary alicyclic amines) is 1. The van der Waals surface area contributed by atoms with Gasteiger partial charge in [-0.1, -0.05) is 24.1 Å². The molecule has 1 heterocycles. The standard InChI is InChI=1S/C16H23NO/c1-4-15-7-5-6-8-17(15)16(18)14-10-12(2)9-13(3)11-14/h9-11,15H,4-8H2,1-3H3. The highest BCUT2D eigenvalue weighted by Crippen LogP contribution is 2.22. The van der Waals surface area contributed by atoms with E-state index in [1.807, 2.05) is 12.1 Å². The Kier molecular flexibility index (Phi) is 4.05. The smallest absolute Gasteiger partial charge is 0.254 e. The quantitative estimate of drug-likeness (QED) is 0.778. The van der Waals surface area contributed by atoms with Crippen LogP contribution in [0.15, 0.2) is 18.2 Å². The number of carbonyl (C=O) groups excluding carboxylic acids is 1. The molecule has 0 aliphatic carbocycles. The lowest BCUT2D eigenvalue weighted by Gasteiger charge is -2.35.